The van der Waals surface area contributed by atoms with Crippen LogP contribution in [0, 0.1) is 12.8 Å². The zero-order valence-electron chi connectivity index (χ0n) is 12.9. The fourth-order valence-corrected chi connectivity index (χ4v) is 2.65. The Kier molecular flexibility index (Phi) is 3.74. The zero-order valence-corrected chi connectivity index (χ0v) is 12.9. The van der Waals surface area contributed by atoms with Gasteiger partial charge in [-0.15, -0.1) is 0 Å². The summed E-state index contributed by atoms with van der Waals surface area (Å²) in [4.78, 5) is 9.31. The van der Waals surface area contributed by atoms with E-state index in [4.69, 9.17) is 4.98 Å². The number of aryl methyl sites for hydroxylation is 1. The molecule has 0 atom stereocenters. The van der Waals surface area contributed by atoms with Crippen LogP contribution in [0.3, 0.4) is 0 Å². The van der Waals surface area contributed by atoms with Gasteiger partial charge in [-0.1, -0.05) is 38.1 Å². The van der Waals surface area contributed by atoms with E-state index in [9.17, 15) is 0 Å². The van der Waals surface area contributed by atoms with Crippen LogP contribution >= 0.6 is 0 Å². The second kappa shape index (κ2) is 5.68. The first-order valence-electron chi connectivity index (χ1n) is 7.50. The molecule has 1 aromatic carbocycles. The molecule has 3 heteroatoms. The molecule has 0 saturated heterocycles. The minimum absolute atomic E-state index is 0.581. The number of hydrogen-bond donors (Lipinski definition) is 0. The molecule has 108 valence electrons. The number of nitrogens with zero attached hydrogens (tertiary/aromatic N) is 3. The Bertz CT molecular complexity index is 756. The Morgan fingerprint density at radius 3 is 2.67 bits per heavy atom. The summed E-state index contributed by atoms with van der Waals surface area (Å²) in [6.45, 7) is 7.45. The second-order valence-corrected chi connectivity index (χ2v) is 5.98. The molecule has 0 radical (unpaired) electrons. The topological polar surface area (TPSA) is 30.7 Å². The fraction of sp³-hybridized carbons (Fsp3) is 0.333. The predicted molar refractivity (Wildman–Crippen MR) is 86.4 cm³/mol. The molecule has 0 saturated carbocycles. The highest BCUT2D eigenvalue weighted by molar-refractivity contribution is 5.71. The van der Waals surface area contributed by atoms with E-state index in [0.717, 1.165) is 30.0 Å². The quantitative estimate of drug-likeness (QED) is 0.723. The summed E-state index contributed by atoms with van der Waals surface area (Å²) in [6, 6.07) is 12.5. The van der Waals surface area contributed by atoms with Gasteiger partial charge in [0, 0.05) is 12.6 Å². The summed E-state index contributed by atoms with van der Waals surface area (Å²) in [5.74, 6) is 1.71. The molecule has 0 bridgehead atoms. The summed E-state index contributed by atoms with van der Waals surface area (Å²) < 4.78 is 2.26. The Hall–Kier alpha value is -2.16. The highest BCUT2D eigenvalue weighted by Crippen LogP contribution is 2.19. The molecule has 0 fully saturated rings. The number of pyridine rings is 1. The average Bonchev–Trinajstić information content (AvgIpc) is 2.78. The van der Waals surface area contributed by atoms with E-state index in [0.29, 0.717) is 5.92 Å². The third-order valence-corrected chi connectivity index (χ3v) is 3.76. The first-order chi connectivity index (χ1) is 10.1. The zero-order chi connectivity index (χ0) is 14.8. The lowest BCUT2D eigenvalue weighted by Gasteiger charge is -2.12. The number of benzene rings is 1. The van der Waals surface area contributed by atoms with Crippen LogP contribution in [-0.2, 0) is 13.0 Å². The van der Waals surface area contributed by atoms with Gasteiger partial charge in [-0.2, -0.15) is 0 Å². The Labute approximate surface area is 125 Å². The van der Waals surface area contributed by atoms with Crippen LogP contribution in [0.5, 0.6) is 0 Å². The summed E-state index contributed by atoms with van der Waals surface area (Å²) in [5.41, 5.74) is 4.61. The number of aromatic nitrogens is 3. The van der Waals surface area contributed by atoms with Crippen molar-refractivity contribution in [3.63, 3.8) is 0 Å². The van der Waals surface area contributed by atoms with Gasteiger partial charge in [0.2, 0.25) is 0 Å². The largest absolute Gasteiger partial charge is 0.308 e. The summed E-state index contributed by atoms with van der Waals surface area (Å²) in [6.07, 6.45) is 2.82. The minimum atomic E-state index is 0.581. The van der Waals surface area contributed by atoms with Gasteiger partial charge in [-0.05, 0) is 36.1 Å². The second-order valence-electron chi connectivity index (χ2n) is 5.98. The summed E-state index contributed by atoms with van der Waals surface area (Å²) >= 11 is 0. The number of hydrogen-bond acceptors (Lipinski definition) is 2. The summed E-state index contributed by atoms with van der Waals surface area (Å²) in [7, 11) is 0. The first-order valence-corrected chi connectivity index (χ1v) is 7.50. The molecular weight excluding hydrogens is 258 g/mol. The number of imidazole rings is 1. The van der Waals surface area contributed by atoms with Crippen LogP contribution in [-0.4, -0.2) is 14.5 Å². The van der Waals surface area contributed by atoms with Crippen molar-refractivity contribution in [1.82, 2.24) is 14.5 Å². The smallest absolute Gasteiger partial charge is 0.160 e. The molecule has 2 aromatic heterocycles. The number of fused-ring (bicyclic) bond motifs is 1. The van der Waals surface area contributed by atoms with Gasteiger partial charge in [0.05, 0.1) is 6.54 Å². The lowest BCUT2D eigenvalue weighted by molar-refractivity contribution is 0.593. The normalized spacial score (nSPS) is 11.4. The van der Waals surface area contributed by atoms with Gasteiger partial charge in [0.1, 0.15) is 11.3 Å². The van der Waals surface area contributed by atoms with Crippen molar-refractivity contribution in [2.45, 2.75) is 33.7 Å². The van der Waals surface area contributed by atoms with Crippen LogP contribution in [0.25, 0.3) is 11.2 Å². The monoisotopic (exact) mass is 279 g/mol. The maximum Gasteiger partial charge on any atom is 0.160 e. The molecule has 21 heavy (non-hydrogen) atoms. The molecule has 3 rings (SSSR count). The van der Waals surface area contributed by atoms with E-state index in [1.54, 1.807) is 0 Å². The Balaban J connectivity index is 2.09. The van der Waals surface area contributed by atoms with E-state index < -0.39 is 0 Å². The molecule has 0 aliphatic carbocycles. The van der Waals surface area contributed by atoms with E-state index in [1.165, 1.54) is 11.1 Å². The molecule has 0 N–H and O–H groups in total. The van der Waals surface area contributed by atoms with Crippen LogP contribution in [0.2, 0.25) is 0 Å². The lowest BCUT2D eigenvalue weighted by atomic mass is 10.1. The van der Waals surface area contributed by atoms with Gasteiger partial charge in [-0.3, -0.25) is 0 Å². The molecular formula is C18H21N3. The van der Waals surface area contributed by atoms with E-state index in [2.05, 4.69) is 54.6 Å². The average molecular weight is 279 g/mol. The molecule has 0 aliphatic heterocycles. The highest BCUT2D eigenvalue weighted by atomic mass is 15.1. The van der Waals surface area contributed by atoms with Crippen LogP contribution in [0.15, 0.2) is 42.6 Å². The Morgan fingerprint density at radius 1 is 1.10 bits per heavy atom. The predicted octanol–water partition coefficient (Wildman–Crippen LogP) is 3.99. The van der Waals surface area contributed by atoms with Crippen molar-refractivity contribution in [2.24, 2.45) is 5.92 Å². The van der Waals surface area contributed by atoms with Gasteiger partial charge < -0.3 is 4.57 Å². The van der Waals surface area contributed by atoms with E-state index >= 15 is 0 Å². The molecule has 3 aromatic rings. The molecule has 0 unspecified atom stereocenters. The van der Waals surface area contributed by atoms with Crippen molar-refractivity contribution >= 4 is 11.2 Å². The molecule has 0 amide bonds. The molecule has 0 aliphatic rings. The maximum atomic E-state index is 4.78. The van der Waals surface area contributed by atoms with Crippen molar-refractivity contribution < 1.29 is 0 Å². The van der Waals surface area contributed by atoms with Crippen molar-refractivity contribution in [3.8, 4) is 0 Å². The maximum absolute atomic E-state index is 4.78. The van der Waals surface area contributed by atoms with Crippen molar-refractivity contribution in [3.05, 3.63) is 59.5 Å². The van der Waals surface area contributed by atoms with Gasteiger partial charge in [-0.25, -0.2) is 9.97 Å². The molecule has 2 heterocycles. The van der Waals surface area contributed by atoms with Crippen LogP contribution in [0.4, 0.5) is 0 Å². The van der Waals surface area contributed by atoms with Gasteiger partial charge in [0.25, 0.3) is 0 Å². The third-order valence-electron chi connectivity index (χ3n) is 3.76. The van der Waals surface area contributed by atoms with Gasteiger partial charge >= 0.3 is 0 Å². The standard InChI is InChI=1S/C18H21N3/c1-13(2)11-17-20-16-9-6-10-19-18(16)21(17)12-15-8-5-4-7-14(15)3/h4-10,13H,11-12H2,1-3H3. The minimum Gasteiger partial charge on any atom is -0.308 e. The van der Waals surface area contributed by atoms with Crippen molar-refractivity contribution in [1.29, 1.82) is 0 Å². The summed E-state index contributed by atoms with van der Waals surface area (Å²) in [5, 5.41) is 0. The first kappa shape index (κ1) is 13.8. The number of rotatable bonds is 4. The lowest BCUT2D eigenvalue weighted by Crippen LogP contribution is -2.09. The van der Waals surface area contributed by atoms with Crippen molar-refractivity contribution in [2.75, 3.05) is 0 Å². The molecule has 0 spiro atoms. The SMILES string of the molecule is Cc1ccccc1Cn1c(CC(C)C)nc2cccnc21. The van der Waals surface area contributed by atoms with Gasteiger partial charge in [0.15, 0.2) is 5.65 Å². The van der Waals surface area contributed by atoms with Crippen LogP contribution < -0.4 is 0 Å². The Morgan fingerprint density at radius 2 is 1.90 bits per heavy atom. The molecule has 3 nitrogen and oxygen atoms in total. The van der Waals surface area contributed by atoms with E-state index in [-0.39, 0.29) is 0 Å². The third kappa shape index (κ3) is 2.82. The highest BCUT2D eigenvalue weighted by Gasteiger charge is 2.13. The fourth-order valence-electron chi connectivity index (χ4n) is 2.65. The van der Waals surface area contributed by atoms with Crippen LogP contribution in [0.1, 0.15) is 30.8 Å². The van der Waals surface area contributed by atoms with E-state index in [1.807, 2.05) is 18.3 Å².